The third-order valence-corrected chi connectivity index (χ3v) is 3.94. The van der Waals surface area contributed by atoms with Gasteiger partial charge in [-0.1, -0.05) is 12.8 Å². The predicted molar refractivity (Wildman–Crippen MR) is 54.2 cm³/mol. The van der Waals surface area contributed by atoms with E-state index in [2.05, 4.69) is 11.9 Å². The van der Waals surface area contributed by atoms with E-state index in [4.69, 9.17) is 5.11 Å². The van der Waals surface area contributed by atoms with Crippen LogP contribution in [0.4, 0.5) is 0 Å². The van der Waals surface area contributed by atoms with Gasteiger partial charge < -0.3 is 10.0 Å². The van der Waals surface area contributed by atoms with Gasteiger partial charge in [-0.15, -0.1) is 0 Å². The molecule has 0 unspecified atom stereocenters. The minimum Gasteiger partial charge on any atom is -0.481 e. The van der Waals surface area contributed by atoms with Gasteiger partial charge >= 0.3 is 5.97 Å². The molecular formula is C11H19NO2. The molecule has 0 aromatic heterocycles. The van der Waals surface area contributed by atoms with Gasteiger partial charge in [0.15, 0.2) is 0 Å². The molecule has 2 rings (SSSR count). The zero-order valence-electron chi connectivity index (χ0n) is 8.78. The first-order chi connectivity index (χ1) is 6.68. The first-order valence-corrected chi connectivity index (χ1v) is 5.63. The largest absolute Gasteiger partial charge is 0.481 e. The zero-order chi connectivity index (χ0) is 10.1. The highest BCUT2D eigenvalue weighted by Gasteiger charge is 2.39. The fraction of sp³-hybridized carbons (Fsp3) is 0.909. The van der Waals surface area contributed by atoms with Crippen LogP contribution in [0.15, 0.2) is 0 Å². The van der Waals surface area contributed by atoms with Crippen LogP contribution in [0.1, 0.15) is 38.5 Å². The van der Waals surface area contributed by atoms with E-state index in [9.17, 15) is 4.79 Å². The Hall–Kier alpha value is -0.570. The van der Waals surface area contributed by atoms with Crippen molar-refractivity contribution in [1.82, 2.24) is 4.90 Å². The highest BCUT2D eigenvalue weighted by molar-refractivity contribution is 5.71. The third kappa shape index (κ3) is 1.78. The molecule has 80 valence electrons. The van der Waals surface area contributed by atoms with Crippen molar-refractivity contribution in [2.75, 3.05) is 7.05 Å². The van der Waals surface area contributed by atoms with Gasteiger partial charge in [-0.2, -0.15) is 0 Å². The van der Waals surface area contributed by atoms with Gasteiger partial charge in [-0.3, -0.25) is 4.79 Å². The number of carboxylic acid groups (broad SMARTS) is 1. The van der Waals surface area contributed by atoms with Crippen molar-refractivity contribution in [3.8, 4) is 0 Å². The van der Waals surface area contributed by atoms with Crippen LogP contribution >= 0.6 is 0 Å². The van der Waals surface area contributed by atoms with Gasteiger partial charge in [-0.25, -0.2) is 0 Å². The summed E-state index contributed by atoms with van der Waals surface area (Å²) in [4.78, 5) is 13.1. The van der Waals surface area contributed by atoms with Crippen molar-refractivity contribution in [2.45, 2.75) is 50.6 Å². The standard InChI is InChI=1S/C11H19NO2/c1-12(9-4-2-3-5-9)10-6-8(7-10)11(13)14/h8-10H,2-7H2,1H3,(H,13,14). The van der Waals surface area contributed by atoms with Gasteiger partial charge in [0.25, 0.3) is 0 Å². The lowest BCUT2D eigenvalue weighted by atomic mass is 9.79. The lowest BCUT2D eigenvalue weighted by Gasteiger charge is -2.42. The van der Waals surface area contributed by atoms with E-state index < -0.39 is 5.97 Å². The van der Waals surface area contributed by atoms with Gasteiger partial charge in [0, 0.05) is 12.1 Å². The Morgan fingerprint density at radius 1 is 1.21 bits per heavy atom. The number of aliphatic carboxylic acids is 1. The molecule has 0 amide bonds. The Kier molecular flexibility index (Phi) is 2.77. The number of hydrogen-bond acceptors (Lipinski definition) is 2. The molecule has 0 aromatic carbocycles. The van der Waals surface area contributed by atoms with Crippen LogP contribution in [0.3, 0.4) is 0 Å². The van der Waals surface area contributed by atoms with E-state index in [-0.39, 0.29) is 5.92 Å². The van der Waals surface area contributed by atoms with E-state index >= 15 is 0 Å². The van der Waals surface area contributed by atoms with Crippen molar-refractivity contribution in [3.05, 3.63) is 0 Å². The summed E-state index contributed by atoms with van der Waals surface area (Å²) in [7, 11) is 2.17. The lowest BCUT2D eigenvalue weighted by Crippen LogP contribution is -2.48. The van der Waals surface area contributed by atoms with Crippen molar-refractivity contribution in [1.29, 1.82) is 0 Å². The summed E-state index contributed by atoms with van der Waals surface area (Å²) in [6.07, 6.45) is 7.05. The monoisotopic (exact) mass is 197 g/mol. The highest BCUT2D eigenvalue weighted by Crippen LogP contribution is 2.35. The molecule has 2 aliphatic rings. The van der Waals surface area contributed by atoms with E-state index in [1.165, 1.54) is 25.7 Å². The molecule has 0 radical (unpaired) electrons. The normalized spacial score (nSPS) is 33.3. The fourth-order valence-corrected chi connectivity index (χ4v) is 2.73. The maximum absolute atomic E-state index is 10.7. The summed E-state index contributed by atoms with van der Waals surface area (Å²) in [6.45, 7) is 0. The minimum atomic E-state index is -0.610. The quantitative estimate of drug-likeness (QED) is 0.749. The second-order valence-electron chi connectivity index (χ2n) is 4.76. The molecule has 1 N–H and O–H groups in total. The van der Waals surface area contributed by atoms with Crippen LogP contribution < -0.4 is 0 Å². The smallest absolute Gasteiger partial charge is 0.306 e. The van der Waals surface area contributed by atoms with E-state index in [1.54, 1.807) is 0 Å². The fourth-order valence-electron chi connectivity index (χ4n) is 2.73. The predicted octanol–water partition coefficient (Wildman–Crippen LogP) is 1.72. The second-order valence-corrected chi connectivity index (χ2v) is 4.76. The molecule has 0 aromatic rings. The molecule has 0 bridgehead atoms. The molecule has 14 heavy (non-hydrogen) atoms. The van der Waals surface area contributed by atoms with Gasteiger partial charge in [0.1, 0.15) is 0 Å². The summed E-state index contributed by atoms with van der Waals surface area (Å²) < 4.78 is 0. The van der Waals surface area contributed by atoms with E-state index in [0.717, 1.165) is 18.9 Å². The van der Waals surface area contributed by atoms with Crippen LogP contribution in [0.5, 0.6) is 0 Å². The second kappa shape index (κ2) is 3.89. The van der Waals surface area contributed by atoms with Crippen molar-refractivity contribution >= 4 is 5.97 Å². The number of nitrogens with zero attached hydrogens (tertiary/aromatic N) is 1. The first-order valence-electron chi connectivity index (χ1n) is 5.63. The third-order valence-electron chi connectivity index (χ3n) is 3.94. The maximum atomic E-state index is 10.7. The minimum absolute atomic E-state index is 0.0659. The topological polar surface area (TPSA) is 40.5 Å². The van der Waals surface area contributed by atoms with Gasteiger partial charge in [0.2, 0.25) is 0 Å². The van der Waals surface area contributed by atoms with Gasteiger partial charge in [-0.05, 0) is 32.7 Å². The number of carbonyl (C=O) groups is 1. The molecule has 0 aliphatic heterocycles. The summed E-state index contributed by atoms with van der Waals surface area (Å²) in [5.74, 6) is -0.676. The molecule has 0 heterocycles. The first kappa shape index (κ1) is 9.97. The van der Waals surface area contributed by atoms with Crippen LogP contribution in [0.2, 0.25) is 0 Å². The summed E-state index contributed by atoms with van der Waals surface area (Å²) in [5.41, 5.74) is 0. The molecule has 3 heteroatoms. The molecule has 2 aliphatic carbocycles. The lowest BCUT2D eigenvalue weighted by molar-refractivity contribution is -0.147. The van der Waals surface area contributed by atoms with Crippen LogP contribution in [-0.2, 0) is 4.79 Å². The van der Waals surface area contributed by atoms with Gasteiger partial charge in [0.05, 0.1) is 5.92 Å². The molecule has 0 spiro atoms. The van der Waals surface area contributed by atoms with Crippen molar-refractivity contribution < 1.29 is 9.90 Å². The Morgan fingerprint density at radius 2 is 1.79 bits per heavy atom. The molecule has 3 nitrogen and oxygen atoms in total. The van der Waals surface area contributed by atoms with Crippen LogP contribution in [0.25, 0.3) is 0 Å². The summed E-state index contributed by atoms with van der Waals surface area (Å²) in [6, 6.07) is 1.27. The Bertz CT molecular complexity index is 217. The number of rotatable bonds is 3. The molecular weight excluding hydrogens is 178 g/mol. The summed E-state index contributed by atoms with van der Waals surface area (Å²) in [5, 5.41) is 8.78. The molecule has 0 saturated heterocycles. The van der Waals surface area contributed by atoms with Crippen LogP contribution in [-0.4, -0.2) is 35.1 Å². The average molecular weight is 197 g/mol. The number of hydrogen-bond donors (Lipinski definition) is 1. The maximum Gasteiger partial charge on any atom is 0.306 e. The van der Waals surface area contributed by atoms with E-state index in [0.29, 0.717) is 6.04 Å². The van der Waals surface area contributed by atoms with E-state index in [1.807, 2.05) is 0 Å². The molecule has 2 saturated carbocycles. The van der Waals surface area contributed by atoms with Crippen molar-refractivity contribution in [2.24, 2.45) is 5.92 Å². The zero-order valence-corrected chi connectivity index (χ0v) is 8.78. The molecule has 2 fully saturated rings. The Labute approximate surface area is 85.1 Å². The molecule has 0 atom stereocenters. The van der Waals surface area contributed by atoms with Crippen molar-refractivity contribution in [3.63, 3.8) is 0 Å². The Morgan fingerprint density at radius 3 is 2.29 bits per heavy atom. The van der Waals surface area contributed by atoms with Crippen LogP contribution in [0, 0.1) is 5.92 Å². The summed E-state index contributed by atoms with van der Waals surface area (Å²) >= 11 is 0. The highest BCUT2D eigenvalue weighted by atomic mass is 16.4. The number of carboxylic acids is 1. The Balaban J connectivity index is 1.78. The average Bonchev–Trinajstić information content (AvgIpc) is 2.51. The SMILES string of the molecule is CN(C1CCCC1)C1CC(C(=O)O)C1.